The number of hydrogen-bond acceptors (Lipinski definition) is 6. The van der Waals surface area contributed by atoms with Gasteiger partial charge in [-0.05, 0) is 25.0 Å². The Labute approximate surface area is 158 Å². The van der Waals surface area contributed by atoms with E-state index in [1.807, 2.05) is 55.5 Å². The maximum atomic E-state index is 5.86. The number of nitrogens with one attached hydrogen (secondary N) is 2. The van der Waals surface area contributed by atoms with Gasteiger partial charge in [-0.25, -0.2) is 4.98 Å². The molecule has 2 aromatic carbocycles. The number of hydrazone groups is 2. The van der Waals surface area contributed by atoms with Gasteiger partial charge in [0.15, 0.2) is 5.82 Å². The van der Waals surface area contributed by atoms with Gasteiger partial charge in [0.05, 0.1) is 18.1 Å². The van der Waals surface area contributed by atoms with Gasteiger partial charge in [-0.3, -0.25) is 10.9 Å². The van der Waals surface area contributed by atoms with E-state index in [1.165, 1.54) is 11.1 Å². The summed E-state index contributed by atoms with van der Waals surface area (Å²) in [5.41, 5.74) is 16.9. The zero-order valence-corrected chi connectivity index (χ0v) is 15.3. The van der Waals surface area contributed by atoms with Crippen molar-refractivity contribution < 1.29 is 0 Å². The van der Waals surface area contributed by atoms with Gasteiger partial charge in [0.25, 0.3) is 0 Å². The minimum atomic E-state index is 0.374. The third-order valence-corrected chi connectivity index (χ3v) is 3.80. The number of aromatic nitrogens is 1. The largest absolute Gasteiger partial charge is 0.384 e. The molecule has 0 bridgehead atoms. The second-order valence-electron chi connectivity index (χ2n) is 6.23. The summed E-state index contributed by atoms with van der Waals surface area (Å²) in [6, 6.07) is 19.7. The molecule has 0 atom stereocenters. The van der Waals surface area contributed by atoms with E-state index in [2.05, 4.69) is 33.0 Å². The second kappa shape index (κ2) is 8.62. The Kier molecular flexibility index (Phi) is 5.79. The smallest absolute Gasteiger partial charge is 0.150 e. The van der Waals surface area contributed by atoms with E-state index in [-0.39, 0.29) is 0 Å². The second-order valence-corrected chi connectivity index (χ2v) is 6.23. The minimum absolute atomic E-state index is 0.374. The average Bonchev–Trinajstić information content (AvgIpc) is 2.65. The zero-order chi connectivity index (χ0) is 19.1. The van der Waals surface area contributed by atoms with Crippen LogP contribution in [0.25, 0.3) is 0 Å². The van der Waals surface area contributed by atoms with Crippen LogP contribution in [0.3, 0.4) is 0 Å². The molecule has 0 fully saturated rings. The van der Waals surface area contributed by atoms with Gasteiger partial charge in [0, 0.05) is 12.1 Å². The van der Waals surface area contributed by atoms with Crippen LogP contribution in [-0.4, -0.2) is 17.4 Å². The lowest BCUT2D eigenvalue weighted by Crippen LogP contribution is -2.00. The molecule has 0 aliphatic rings. The molecule has 0 saturated carbocycles. The summed E-state index contributed by atoms with van der Waals surface area (Å²) in [5, 5.41) is 8.44. The van der Waals surface area contributed by atoms with Crippen LogP contribution in [0, 0.1) is 13.8 Å². The monoisotopic (exact) mass is 358 g/mol. The minimum Gasteiger partial charge on any atom is -0.384 e. The lowest BCUT2D eigenvalue weighted by Gasteiger charge is -2.05. The summed E-state index contributed by atoms with van der Waals surface area (Å²) in [5.74, 6) is 0.907. The SMILES string of the molecule is Cc1ccc(/C=N/Nc2cc(N)nc(N/N=C/c3ccc(C)cc3)c2)cc1. The maximum Gasteiger partial charge on any atom is 0.150 e. The number of nitrogens with two attached hydrogens (primary N) is 1. The molecule has 1 aromatic heterocycles. The van der Waals surface area contributed by atoms with Crippen LogP contribution in [0.1, 0.15) is 22.3 Å². The average molecular weight is 358 g/mol. The van der Waals surface area contributed by atoms with Crippen LogP contribution in [0.4, 0.5) is 17.3 Å². The van der Waals surface area contributed by atoms with Crippen LogP contribution in [0.2, 0.25) is 0 Å². The van der Waals surface area contributed by atoms with Crippen molar-refractivity contribution in [3.63, 3.8) is 0 Å². The first kappa shape index (κ1) is 18.1. The Balaban J connectivity index is 1.63. The quantitative estimate of drug-likeness (QED) is 0.456. The third-order valence-electron chi connectivity index (χ3n) is 3.80. The summed E-state index contributed by atoms with van der Waals surface area (Å²) in [7, 11) is 0. The molecule has 6 heteroatoms. The highest BCUT2D eigenvalue weighted by Gasteiger charge is 1.99. The Morgan fingerprint density at radius 2 is 1.30 bits per heavy atom. The van der Waals surface area contributed by atoms with E-state index in [4.69, 9.17) is 5.73 Å². The number of benzene rings is 2. The number of anilines is 3. The highest BCUT2D eigenvalue weighted by molar-refractivity contribution is 5.81. The fraction of sp³-hybridized carbons (Fsp3) is 0.0952. The molecule has 3 rings (SSSR count). The molecule has 27 heavy (non-hydrogen) atoms. The summed E-state index contributed by atoms with van der Waals surface area (Å²) in [6.07, 6.45) is 3.48. The van der Waals surface area contributed by atoms with Gasteiger partial charge in [-0.15, -0.1) is 0 Å². The van der Waals surface area contributed by atoms with Crippen LogP contribution in [0.15, 0.2) is 70.9 Å². The molecule has 4 N–H and O–H groups in total. The van der Waals surface area contributed by atoms with E-state index in [9.17, 15) is 0 Å². The molecule has 6 nitrogen and oxygen atoms in total. The van der Waals surface area contributed by atoms with Crippen molar-refractivity contribution >= 4 is 29.8 Å². The van der Waals surface area contributed by atoms with Crippen molar-refractivity contribution in [2.45, 2.75) is 13.8 Å². The standard InChI is InChI=1S/C21H22N6/c1-15-3-7-17(8-4-15)13-23-26-19-11-20(22)25-21(12-19)27-24-14-18-9-5-16(2)6-10-18/h3-14H,1-2H3,(H4,22,25,26,27)/b23-13+,24-14+. The topological polar surface area (TPSA) is 87.7 Å². The predicted molar refractivity (Wildman–Crippen MR) is 113 cm³/mol. The number of pyridine rings is 1. The number of hydrogen-bond donors (Lipinski definition) is 3. The third kappa shape index (κ3) is 5.67. The van der Waals surface area contributed by atoms with Gasteiger partial charge in [-0.1, -0.05) is 59.7 Å². The van der Waals surface area contributed by atoms with Gasteiger partial charge < -0.3 is 5.73 Å². The molecule has 0 aliphatic heterocycles. The molecule has 3 aromatic rings. The van der Waals surface area contributed by atoms with Crippen molar-refractivity contribution in [3.8, 4) is 0 Å². The summed E-state index contributed by atoms with van der Waals surface area (Å²) in [6.45, 7) is 4.10. The van der Waals surface area contributed by atoms with Crippen LogP contribution < -0.4 is 16.6 Å². The lowest BCUT2D eigenvalue weighted by molar-refractivity contribution is 1.22. The molecule has 0 unspecified atom stereocenters. The molecule has 1 heterocycles. The van der Waals surface area contributed by atoms with E-state index in [0.29, 0.717) is 11.6 Å². The van der Waals surface area contributed by atoms with Gasteiger partial charge >= 0.3 is 0 Å². The lowest BCUT2D eigenvalue weighted by atomic mass is 10.2. The molecule has 0 amide bonds. The zero-order valence-electron chi connectivity index (χ0n) is 15.3. The van der Waals surface area contributed by atoms with Crippen molar-refractivity contribution in [2.75, 3.05) is 16.6 Å². The molecular weight excluding hydrogens is 336 g/mol. The molecule has 0 saturated heterocycles. The first-order valence-corrected chi connectivity index (χ1v) is 8.57. The summed E-state index contributed by atoms with van der Waals surface area (Å²) >= 11 is 0. The molecule has 0 radical (unpaired) electrons. The van der Waals surface area contributed by atoms with Crippen LogP contribution >= 0.6 is 0 Å². The summed E-state index contributed by atoms with van der Waals surface area (Å²) < 4.78 is 0. The van der Waals surface area contributed by atoms with Crippen molar-refractivity contribution in [1.82, 2.24) is 4.98 Å². The van der Waals surface area contributed by atoms with Crippen LogP contribution in [-0.2, 0) is 0 Å². The number of aryl methyl sites for hydroxylation is 2. The Morgan fingerprint density at radius 1 is 0.778 bits per heavy atom. The molecule has 0 spiro atoms. The first-order valence-electron chi connectivity index (χ1n) is 8.57. The molecule has 136 valence electrons. The van der Waals surface area contributed by atoms with E-state index in [0.717, 1.165) is 16.8 Å². The highest BCUT2D eigenvalue weighted by atomic mass is 15.3. The highest BCUT2D eigenvalue weighted by Crippen LogP contribution is 2.16. The van der Waals surface area contributed by atoms with E-state index < -0.39 is 0 Å². The van der Waals surface area contributed by atoms with E-state index in [1.54, 1.807) is 24.6 Å². The summed E-state index contributed by atoms with van der Waals surface area (Å²) in [4.78, 5) is 4.22. The first-order chi connectivity index (χ1) is 13.1. The molecular formula is C21H22N6. The van der Waals surface area contributed by atoms with Crippen molar-refractivity contribution in [2.24, 2.45) is 10.2 Å². The van der Waals surface area contributed by atoms with Crippen molar-refractivity contribution in [1.29, 1.82) is 0 Å². The maximum absolute atomic E-state index is 5.86. The fourth-order valence-electron chi connectivity index (χ4n) is 2.33. The fourth-order valence-corrected chi connectivity index (χ4v) is 2.33. The van der Waals surface area contributed by atoms with Crippen molar-refractivity contribution in [3.05, 3.63) is 82.9 Å². The number of nitrogens with zero attached hydrogens (tertiary/aromatic N) is 3. The molecule has 0 aliphatic carbocycles. The normalized spacial score (nSPS) is 11.2. The Bertz CT molecular complexity index is 868. The Hall–Kier alpha value is -3.67. The van der Waals surface area contributed by atoms with Gasteiger partial charge in [0.1, 0.15) is 5.82 Å². The number of rotatable bonds is 6. The van der Waals surface area contributed by atoms with Gasteiger partial charge in [0.2, 0.25) is 0 Å². The predicted octanol–water partition coefficient (Wildman–Crippen LogP) is 4.17. The Morgan fingerprint density at radius 3 is 1.85 bits per heavy atom. The number of nitrogen functional groups attached to an aromatic ring is 1. The van der Waals surface area contributed by atoms with Crippen LogP contribution in [0.5, 0.6) is 0 Å². The van der Waals surface area contributed by atoms with Gasteiger partial charge in [-0.2, -0.15) is 10.2 Å². The van der Waals surface area contributed by atoms with E-state index >= 15 is 0 Å².